The number of carbonyl (C=O) groups excluding carboxylic acids is 1. The number of carbonyl (C=O) groups is 1. The second-order valence-electron chi connectivity index (χ2n) is 5.21. The van der Waals surface area contributed by atoms with Crippen molar-refractivity contribution in [1.82, 2.24) is 10.3 Å². The Labute approximate surface area is 140 Å². The molecule has 23 heavy (non-hydrogen) atoms. The summed E-state index contributed by atoms with van der Waals surface area (Å²) >= 11 is 1.59. The van der Waals surface area contributed by atoms with Gasteiger partial charge >= 0.3 is 0 Å². The van der Waals surface area contributed by atoms with Gasteiger partial charge in [-0.3, -0.25) is 4.79 Å². The number of aryl methyl sites for hydroxylation is 1. The molecule has 0 aliphatic rings. The molecular weight excluding hydrogens is 312 g/mol. The van der Waals surface area contributed by atoms with E-state index >= 15 is 0 Å². The molecule has 1 aromatic heterocycles. The van der Waals surface area contributed by atoms with Crippen LogP contribution in [0.15, 0.2) is 29.6 Å². The molecule has 124 valence electrons. The number of rotatable bonds is 8. The Morgan fingerprint density at radius 1 is 1.30 bits per heavy atom. The first-order valence-corrected chi connectivity index (χ1v) is 8.44. The van der Waals surface area contributed by atoms with Crippen molar-refractivity contribution in [3.63, 3.8) is 0 Å². The van der Waals surface area contributed by atoms with Crippen LogP contribution in [-0.4, -0.2) is 24.6 Å². The lowest BCUT2D eigenvalue weighted by atomic mass is 10.2. The van der Waals surface area contributed by atoms with Crippen molar-refractivity contribution in [2.24, 2.45) is 0 Å². The normalized spacial score (nSPS) is 11.8. The van der Waals surface area contributed by atoms with Crippen molar-refractivity contribution in [2.45, 2.75) is 32.7 Å². The monoisotopic (exact) mass is 334 g/mol. The summed E-state index contributed by atoms with van der Waals surface area (Å²) in [5, 5.41) is 5.94. The van der Waals surface area contributed by atoms with Crippen LogP contribution in [0.25, 0.3) is 0 Å². The Bertz CT molecular complexity index is 625. The molecule has 0 spiro atoms. The van der Waals surface area contributed by atoms with Gasteiger partial charge in [0.1, 0.15) is 11.5 Å². The van der Waals surface area contributed by atoms with Crippen molar-refractivity contribution in [3.8, 4) is 11.5 Å². The summed E-state index contributed by atoms with van der Waals surface area (Å²) in [7, 11) is 1.63. The maximum absolute atomic E-state index is 11.9. The standard InChI is InChI=1S/C17H22N2O3S/c1-12(16-11-23-13(2)19-16)18-17(20)5-4-10-22-15-8-6-14(21-3)7-9-15/h6-9,11-12H,4-5,10H2,1-3H3,(H,18,20). The number of methoxy groups -OCH3 is 1. The number of hydrogen-bond acceptors (Lipinski definition) is 5. The van der Waals surface area contributed by atoms with Crippen molar-refractivity contribution < 1.29 is 14.3 Å². The van der Waals surface area contributed by atoms with Crippen molar-refractivity contribution in [2.75, 3.05) is 13.7 Å². The van der Waals surface area contributed by atoms with E-state index in [2.05, 4.69) is 10.3 Å². The molecule has 1 heterocycles. The second-order valence-corrected chi connectivity index (χ2v) is 6.27. The Balaban J connectivity index is 1.66. The molecule has 0 fully saturated rings. The van der Waals surface area contributed by atoms with Crippen LogP contribution in [0.2, 0.25) is 0 Å². The van der Waals surface area contributed by atoms with E-state index in [9.17, 15) is 4.79 Å². The maximum Gasteiger partial charge on any atom is 0.220 e. The third-order valence-electron chi connectivity index (χ3n) is 3.33. The first-order chi connectivity index (χ1) is 11.1. The van der Waals surface area contributed by atoms with Gasteiger partial charge in [-0.2, -0.15) is 0 Å². The number of ether oxygens (including phenoxy) is 2. The Kier molecular flexibility index (Phi) is 6.40. The number of aromatic nitrogens is 1. The molecule has 1 aromatic carbocycles. The molecule has 0 saturated carbocycles. The molecule has 5 nitrogen and oxygen atoms in total. The van der Waals surface area contributed by atoms with Crippen LogP contribution in [-0.2, 0) is 4.79 Å². The molecule has 1 atom stereocenters. The quantitative estimate of drug-likeness (QED) is 0.751. The fourth-order valence-electron chi connectivity index (χ4n) is 2.06. The van der Waals surface area contributed by atoms with Crippen LogP contribution in [0, 0.1) is 6.92 Å². The fraction of sp³-hybridized carbons (Fsp3) is 0.412. The minimum Gasteiger partial charge on any atom is -0.497 e. The lowest BCUT2D eigenvalue weighted by molar-refractivity contribution is -0.122. The summed E-state index contributed by atoms with van der Waals surface area (Å²) in [6.07, 6.45) is 1.10. The van der Waals surface area contributed by atoms with Gasteiger partial charge < -0.3 is 14.8 Å². The van der Waals surface area contributed by atoms with Gasteiger partial charge in [-0.05, 0) is 44.5 Å². The smallest absolute Gasteiger partial charge is 0.220 e. The van der Waals surface area contributed by atoms with Gasteiger partial charge in [0, 0.05) is 11.8 Å². The van der Waals surface area contributed by atoms with E-state index in [0.717, 1.165) is 22.2 Å². The van der Waals surface area contributed by atoms with Gasteiger partial charge in [0.2, 0.25) is 5.91 Å². The zero-order valence-corrected chi connectivity index (χ0v) is 14.5. The first kappa shape index (κ1) is 17.3. The predicted molar refractivity (Wildman–Crippen MR) is 91.1 cm³/mol. The van der Waals surface area contributed by atoms with Gasteiger partial charge in [-0.1, -0.05) is 0 Å². The third kappa shape index (κ3) is 5.56. The van der Waals surface area contributed by atoms with E-state index in [1.54, 1.807) is 18.4 Å². The molecule has 0 aliphatic carbocycles. The summed E-state index contributed by atoms with van der Waals surface area (Å²) in [5.74, 6) is 1.59. The average Bonchev–Trinajstić information content (AvgIpc) is 2.99. The molecular formula is C17H22N2O3S. The van der Waals surface area contributed by atoms with Gasteiger partial charge in [0.05, 0.1) is 30.5 Å². The zero-order valence-electron chi connectivity index (χ0n) is 13.7. The number of thiazole rings is 1. The summed E-state index contributed by atoms with van der Waals surface area (Å²) in [4.78, 5) is 16.3. The second kappa shape index (κ2) is 8.53. The SMILES string of the molecule is COc1ccc(OCCCC(=O)NC(C)c2csc(C)n2)cc1. The van der Waals surface area contributed by atoms with Crippen LogP contribution in [0.5, 0.6) is 11.5 Å². The molecule has 0 aliphatic heterocycles. The maximum atomic E-state index is 11.9. The van der Waals surface area contributed by atoms with Crippen LogP contribution in [0.4, 0.5) is 0 Å². The minimum atomic E-state index is -0.0602. The Hall–Kier alpha value is -2.08. The van der Waals surface area contributed by atoms with Gasteiger partial charge in [-0.15, -0.1) is 11.3 Å². The van der Waals surface area contributed by atoms with Crippen LogP contribution in [0.3, 0.4) is 0 Å². The molecule has 1 N–H and O–H groups in total. The highest BCUT2D eigenvalue weighted by Gasteiger charge is 2.11. The van der Waals surface area contributed by atoms with Gasteiger partial charge in [0.25, 0.3) is 0 Å². The van der Waals surface area contributed by atoms with Gasteiger partial charge in [0.15, 0.2) is 0 Å². The Morgan fingerprint density at radius 3 is 2.61 bits per heavy atom. The van der Waals surface area contributed by atoms with E-state index in [-0.39, 0.29) is 11.9 Å². The third-order valence-corrected chi connectivity index (χ3v) is 4.13. The summed E-state index contributed by atoms with van der Waals surface area (Å²) in [6.45, 7) is 4.41. The van der Waals surface area contributed by atoms with E-state index in [4.69, 9.17) is 9.47 Å². The van der Waals surface area contributed by atoms with Crippen molar-refractivity contribution in [1.29, 1.82) is 0 Å². The molecule has 0 bridgehead atoms. The Morgan fingerprint density at radius 2 is 2.00 bits per heavy atom. The fourth-order valence-corrected chi connectivity index (χ4v) is 2.77. The average molecular weight is 334 g/mol. The number of hydrogen-bond donors (Lipinski definition) is 1. The highest BCUT2D eigenvalue weighted by atomic mass is 32.1. The molecule has 1 amide bonds. The zero-order chi connectivity index (χ0) is 16.7. The molecule has 0 saturated heterocycles. The molecule has 1 unspecified atom stereocenters. The molecule has 0 radical (unpaired) electrons. The van der Waals surface area contributed by atoms with Crippen molar-refractivity contribution in [3.05, 3.63) is 40.3 Å². The lowest BCUT2D eigenvalue weighted by Crippen LogP contribution is -2.27. The largest absolute Gasteiger partial charge is 0.497 e. The molecule has 6 heteroatoms. The summed E-state index contributed by atoms with van der Waals surface area (Å²) in [5.41, 5.74) is 0.912. The number of benzene rings is 1. The van der Waals surface area contributed by atoms with Crippen LogP contribution in [0.1, 0.15) is 36.5 Å². The van der Waals surface area contributed by atoms with Crippen LogP contribution >= 0.6 is 11.3 Å². The number of nitrogens with one attached hydrogen (secondary N) is 1. The topological polar surface area (TPSA) is 60.5 Å². The van der Waals surface area contributed by atoms with E-state index in [1.165, 1.54) is 0 Å². The van der Waals surface area contributed by atoms with E-state index in [0.29, 0.717) is 19.4 Å². The summed E-state index contributed by atoms with van der Waals surface area (Å²) in [6, 6.07) is 7.34. The lowest BCUT2D eigenvalue weighted by Gasteiger charge is -2.12. The first-order valence-electron chi connectivity index (χ1n) is 7.56. The molecule has 2 rings (SSSR count). The van der Waals surface area contributed by atoms with E-state index in [1.807, 2.05) is 43.5 Å². The summed E-state index contributed by atoms with van der Waals surface area (Å²) < 4.78 is 10.7. The van der Waals surface area contributed by atoms with Crippen LogP contribution < -0.4 is 14.8 Å². The minimum absolute atomic E-state index is 0.0153. The number of nitrogens with zero attached hydrogens (tertiary/aromatic N) is 1. The van der Waals surface area contributed by atoms with Crippen molar-refractivity contribution >= 4 is 17.2 Å². The number of amides is 1. The highest BCUT2D eigenvalue weighted by molar-refractivity contribution is 7.09. The molecule has 2 aromatic rings. The van der Waals surface area contributed by atoms with E-state index < -0.39 is 0 Å². The van der Waals surface area contributed by atoms with Gasteiger partial charge in [-0.25, -0.2) is 4.98 Å². The predicted octanol–water partition coefficient (Wildman–Crippen LogP) is 3.50. The highest BCUT2D eigenvalue weighted by Crippen LogP contribution is 2.18.